The number of alkyl halides is 3. The molecule has 0 saturated carbocycles. The molecule has 96 valence electrons. The first-order valence-corrected chi connectivity index (χ1v) is 6.13. The highest BCUT2D eigenvalue weighted by atomic mass is 79.9. The lowest BCUT2D eigenvalue weighted by Crippen LogP contribution is -2.20. The quantitative estimate of drug-likeness (QED) is 0.871. The Balaban J connectivity index is 2.79. The van der Waals surface area contributed by atoms with Gasteiger partial charge in [-0.1, -0.05) is 22.0 Å². The van der Waals surface area contributed by atoms with E-state index in [1.54, 1.807) is 7.05 Å². The van der Waals surface area contributed by atoms with Gasteiger partial charge in [0, 0.05) is 16.9 Å². The van der Waals surface area contributed by atoms with E-state index in [1.165, 1.54) is 0 Å². The number of nitrogens with one attached hydrogen (secondary N) is 1. The summed E-state index contributed by atoms with van der Waals surface area (Å²) in [5.74, 6) is 0. The first-order chi connectivity index (χ1) is 7.83. The van der Waals surface area contributed by atoms with Gasteiger partial charge in [-0.2, -0.15) is 13.2 Å². The van der Waals surface area contributed by atoms with Gasteiger partial charge in [0.25, 0.3) is 0 Å². The van der Waals surface area contributed by atoms with Gasteiger partial charge < -0.3 is 5.32 Å². The van der Waals surface area contributed by atoms with Crippen LogP contribution < -0.4 is 5.32 Å². The highest BCUT2D eigenvalue weighted by Crippen LogP contribution is 2.29. The Morgan fingerprint density at radius 3 is 2.47 bits per heavy atom. The molecule has 0 bridgehead atoms. The van der Waals surface area contributed by atoms with E-state index >= 15 is 0 Å². The number of halogens is 4. The lowest BCUT2D eigenvalue weighted by Gasteiger charge is -2.19. The number of aryl methyl sites for hydroxylation is 1. The number of hydrogen-bond acceptors (Lipinski definition) is 1. The minimum Gasteiger partial charge on any atom is -0.313 e. The maximum atomic E-state index is 12.2. The Bertz CT molecular complexity index is 377. The summed E-state index contributed by atoms with van der Waals surface area (Å²) in [6.07, 6.45) is -4.81. The van der Waals surface area contributed by atoms with E-state index in [0.29, 0.717) is 0 Å². The van der Waals surface area contributed by atoms with E-state index in [0.717, 1.165) is 15.6 Å². The van der Waals surface area contributed by atoms with Crippen molar-refractivity contribution in [2.45, 2.75) is 32.0 Å². The molecule has 0 spiro atoms. The van der Waals surface area contributed by atoms with Crippen molar-refractivity contribution in [3.63, 3.8) is 0 Å². The molecule has 17 heavy (non-hydrogen) atoms. The third-order valence-corrected chi connectivity index (χ3v) is 3.17. The van der Waals surface area contributed by atoms with E-state index in [-0.39, 0.29) is 12.5 Å². The largest absolute Gasteiger partial charge is 0.389 e. The Labute approximate surface area is 108 Å². The molecule has 1 aromatic rings. The van der Waals surface area contributed by atoms with Gasteiger partial charge in [0.1, 0.15) is 0 Å². The third kappa shape index (κ3) is 4.68. The average Bonchev–Trinajstić information content (AvgIpc) is 2.19. The molecule has 1 unspecified atom stereocenters. The smallest absolute Gasteiger partial charge is 0.313 e. The lowest BCUT2D eigenvalue weighted by molar-refractivity contribution is -0.136. The minimum absolute atomic E-state index is 0.0580. The van der Waals surface area contributed by atoms with Crippen molar-refractivity contribution in [2.24, 2.45) is 0 Å². The van der Waals surface area contributed by atoms with Crippen LogP contribution in [0.3, 0.4) is 0 Å². The van der Waals surface area contributed by atoms with Crippen LogP contribution in [0.15, 0.2) is 22.7 Å². The molecular formula is C12H15BrF3N. The molecule has 0 heterocycles. The standard InChI is InChI=1S/C12H15BrF3N/c1-8-7-9(13)3-4-10(8)11(17-2)5-6-12(14,15)16/h3-4,7,11,17H,5-6H2,1-2H3. The first kappa shape index (κ1) is 14.5. The van der Waals surface area contributed by atoms with Crippen LogP contribution >= 0.6 is 15.9 Å². The summed E-state index contributed by atoms with van der Waals surface area (Å²) in [7, 11) is 1.68. The van der Waals surface area contributed by atoms with Crippen LogP contribution in [0.4, 0.5) is 13.2 Å². The Hall–Kier alpha value is -0.550. The van der Waals surface area contributed by atoms with E-state index in [2.05, 4.69) is 21.2 Å². The summed E-state index contributed by atoms with van der Waals surface area (Å²) in [4.78, 5) is 0. The summed E-state index contributed by atoms with van der Waals surface area (Å²) < 4.78 is 37.5. The molecule has 5 heteroatoms. The molecule has 1 rings (SSSR count). The van der Waals surface area contributed by atoms with Gasteiger partial charge in [-0.15, -0.1) is 0 Å². The topological polar surface area (TPSA) is 12.0 Å². The number of benzene rings is 1. The van der Waals surface area contributed by atoms with Gasteiger partial charge in [-0.05, 0) is 43.7 Å². The SMILES string of the molecule is CNC(CCC(F)(F)F)c1ccc(Br)cc1C. The first-order valence-electron chi connectivity index (χ1n) is 5.33. The van der Waals surface area contributed by atoms with E-state index in [9.17, 15) is 13.2 Å². The third-order valence-electron chi connectivity index (χ3n) is 2.67. The van der Waals surface area contributed by atoms with E-state index in [4.69, 9.17) is 0 Å². The van der Waals surface area contributed by atoms with Crippen LogP contribution in [0, 0.1) is 6.92 Å². The predicted octanol–water partition coefficient (Wildman–Crippen LogP) is 4.36. The lowest BCUT2D eigenvalue weighted by atomic mass is 9.97. The molecule has 0 aromatic heterocycles. The van der Waals surface area contributed by atoms with Crippen LogP contribution in [0.25, 0.3) is 0 Å². The fraction of sp³-hybridized carbons (Fsp3) is 0.500. The second kappa shape index (κ2) is 5.87. The van der Waals surface area contributed by atoms with Crippen molar-refractivity contribution >= 4 is 15.9 Å². The highest BCUT2D eigenvalue weighted by Gasteiger charge is 2.28. The minimum atomic E-state index is -4.10. The zero-order valence-corrected chi connectivity index (χ0v) is 11.3. The van der Waals surface area contributed by atoms with Crippen LogP contribution in [0.2, 0.25) is 0 Å². The molecule has 0 fully saturated rings. The summed E-state index contributed by atoms with van der Waals surface area (Å²) in [6.45, 7) is 1.90. The maximum absolute atomic E-state index is 12.2. The molecule has 1 atom stereocenters. The van der Waals surface area contributed by atoms with Gasteiger partial charge in [-0.3, -0.25) is 0 Å². The summed E-state index contributed by atoms with van der Waals surface area (Å²) >= 11 is 3.34. The zero-order chi connectivity index (χ0) is 13.1. The fourth-order valence-electron chi connectivity index (χ4n) is 1.79. The number of hydrogen-bond donors (Lipinski definition) is 1. The number of rotatable bonds is 4. The van der Waals surface area contributed by atoms with Crippen molar-refractivity contribution < 1.29 is 13.2 Å². The monoisotopic (exact) mass is 309 g/mol. The molecule has 0 radical (unpaired) electrons. The average molecular weight is 310 g/mol. The highest BCUT2D eigenvalue weighted by molar-refractivity contribution is 9.10. The molecule has 0 saturated heterocycles. The fourth-order valence-corrected chi connectivity index (χ4v) is 2.27. The predicted molar refractivity (Wildman–Crippen MR) is 66.0 cm³/mol. The van der Waals surface area contributed by atoms with Gasteiger partial charge in [-0.25, -0.2) is 0 Å². The van der Waals surface area contributed by atoms with Gasteiger partial charge >= 0.3 is 6.18 Å². The van der Waals surface area contributed by atoms with Crippen LogP contribution in [0.1, 0.15) is 30.0 Å². The molecule has 1 aromatic carbocycles. The van der Waals surface area contributed by atoms with Crippen molar-refractivity contribution in [3.8, 4) is 0 Å². The zero-order valence-electron chi connectivity index (χ0n) is 9.74. The van der Waals surface area contributed by atoms with Crippen LogP contribution in [0.5, 0.6) is 0 Å². The van der Waals surface area contributed by atoms with Gasteiger partial charge in [0.15, 0.2) is 0 Å². The molecule has 1 nitrogen and oxygen atoms in total. The molecule has 1 N–H and O–H groups in total. The van der Waals surface area contributed by atoms with Gasteiger partial charge in [0.2, 0.25) is 0 Å². The Morgan fingerprint density at radius 1 is 1.35 bits per heavy atom. The second-order valence-electron chi connectivity index (χ2n) is 4.00. The van der Waals surface area contributed by atoms with Crippen LogP contribution in [-0.2, 0) is 0 Å². The van der Waals surface area contributed by atoms with Gasteiger partial charge in [0.05, 0.1) is 0 Å². The summed E-state index contributed by atoms with van der Waals surface area (Å²) in [5.41, 5.74) is 1.90. The van der Waals surface area contributed by atoms with Crippen molar-refractivity contribution in [1.29, 1.82) is 0 Å². The van der Waals surface area contributed by atoms with Crippen molar-refractivity contribution in [2.75, 3.05) is 7.05 Å². The van der Waals surface area contributed by atoms with E-state index in [1.807, 2.05) is 25.1 Å². The Morgan fingerprint density at radius 2 is 2.00 bits per heavy atom. The maximum Gasteiger partial charge on any atom is 0.389 e. The molecule has 0 aliphatic heterocycles. The molecule has 0 aliphatic carbocycles. The van der Waals surface area contributed by atoms with E-state index < -0.39 is 12.6 Å². The Kier molecular flexibility index (Phi) is 5.01. The van der Waals surface area contributed by atoms with Crippen LogP contribution in [-0.4, -0.2) is 13.2 Å². The molecular weight excluding hydrogens is 295 g/mol. The van der Waals surface area contributed by atoms with Crippen molar-refractivity contribution in [1.82, 2.24) is 5.32 Å². The van der Waals surface area contributed by atoms with Crippen molar-refractivity contribution in [3.05, 3.63) is 33.8 Å². The summed E-state index contributed by atoms with van der Waals surface area (Å²) in [6, 6.07) is 5.36. The molecule has 0 amide bonds. The second-order valence-corrected chi connectivity index (χ2v) is 4.91. The summed E-state index contributed by atoms with van der Waals surface area (Å²) in [5, 5.41) is 2.94. The normalized spacial score (nSPS) is 13.8. The molecule has 0 aliphatic rings.